The number of hydrogen-bond acceptors (Lipinski definition) is 3. The van der Waals surface area contributed by atoms with Crippen LogP contribution in [0.25, 0.3) is 0 Å². The molecule has 2 rings (SSSR count). The first-order valence-electron chi connectivity index (χ1n) is 6.96. The van der Waals surface area contributed by atoms with Gasteiger partial charge in [0.25, 0.3) is 5.91 Å². The maximum atomic E-state index is 11.9. The molecule has 5 nitrogen and oxygen atoms in total. The molecule has 1 fully saturated rings. The third kappa shape index (κ3) is 4.33. The van der Waals surface area contributed by atoms with Crippen molar-refractivity contribution in [3.8, 4) is 11.8 Å². The molecule has 0 unspecified atom stereocenters. The third-order valence-electron chi connectivity index (χ3n) is 3.32. The van der Waals surface area contributed by atoms with Gasteiger partial charge in [-0.3, -0.25) is 9.59 Å². The van der Waals surface area contributed by atoms with Crippen LogP contribution in [0.1, 0.15) is 28.8 Å². The van der Waals surface area contributed by atoms with E-state index in [-0.39, 0.29) is 25.0 Å². The van der Waals surface area contributed by atoms with E-state index in [2.05, 4.69) is 17.2 Å². The molecule has 1 aliphatic heterocycles. The minimum atomic E-state index is -0.274. The van der Waals surface area contributed by atoms with Gasteiger partial charge >= 0.3 is 0 Å². The highest BCUT2D eigenvalue weighted by Crippen LogP contribution is 2.07. The van der Waals surface area contributed by atoms with Crippen molar-refractivity contribution in [3.63, 3.8) is 0 Å². The van der Waals surface area contributed by atoms with Crippen LogP contribution in [0.2, 0.25) is 0 Å². The van der Waals surface area contributed by atoms with Crippen molar-refractivity contribution in [2.45, 2.75) is 12.8 Å². The first kappa shape index (κ1) is 15.1. The van der Waals surface area contributed by atoms with Crippen molar-refractivity contribution in [1.29, 1.82) is 0 Å². The Balaban J connectivity index is 1.86. The SMILES string of the molecule is O=C(NCC(=O)N1CCCC1)c1ccc(C#CCO)cc1. The molecule has 0 saturated carbocycles. The normalized spacial score (nSPS) is 13.5. The molecule has 2 amide bonds. The molecule has 110 valence electrons. The fourth-order valence-electron chi connectivity index (χ4n) is 2.18. The molecule has 0 radical (unpaired) electrons. The van der Waals surface area contributed by atoms with Crippen LogP contribution in [0.3, 0.4) is 0 Å². The van der Waals surface area contributed by atoms with Crippen LogP contribution >= 0.6 is 0 Å². The summed E-state index contributed by atoms with van der Waals surface area (Å²) in [5, 5.41) is 11.2. The molecule has 0 bridgehead atoms. The van der Waals surface area contributed by atoms with E-state index in [1.165, 1.54) is 0 Å². The number of aliphatic hydroxyl groups excluding tert-OH is 1. The fraction of sp³-hybridized carbons (Fsp3) is 0.375. The lowest BCUT2D eigenvalue weighted by atomic mass is 10.1. The lowest BCUT2D eigenvalue weighted by Gasteiger charge is -2.15. The van der Waals surface area contributed by atoms with Gasteiger partial charge in [0.05, 0.1) is 6.54 Å². The number of carbonyl (C=O) groups excluding carboxylic acids is 2. The Morgan fingerprint density at radius 1 is 1.19 bits per heavy atom. The molecule has 1 aromatic rings. The maximum Gasteiger partial charge on any atom is 0.251 e. The average Bonchev–Trinajstić information content (AvgIpc) is 3.05. The van der Waals surface area contributed by atoms with E-state index < -0.39 is 0 Å². The van der Waals surface area contributed by atoms with Gasteiger partial charge in [-0.05, 0) is 37.1 Å². The predicted octanol–water partition coefficient (Wildman–Crippen LogP) is 0.383. The average molecular weight is 286 g/mol. The molecule has 0 spiro atoms. The van der Waals surface area contributed by atoms with E-state index in [9.17, 15) is 9.59 Å². The molecule has 0 aliphatic carbocycles. The summed E-state index contributed by atoms with van der Waals surface area (Å²) in [5.41, 5.74) is 1.22. The molecule has 0 aromatic heterocycles. The van der Waals surface area contributed by atoms with Crippen molar-refractivity contribution in [3.05, 3.63) is 35.4 Å². The van der Waals surface area contributed by atoms with Crippen LogP contribution in [-0.4, -0.2) is 48.1 Å². The van der Waals surface area contributed by atoms with Gasteiger partial charge in [0, 0.05) is 24.2 Å². The first-order valence-corrected chi connectivity index (χ1v) is 6.96. The summed E-state index contributed by atoms with van der Waals surface area (Å²) < 4.78 is 0. The molecular formula is C16H18N2O3. The van der Waals surface area contributed by atoms with Gasteiger partial charge in [-0.25, -0.2) is 0 Å². The van der Waals surface area contributed by atoms with E-state index in [1.54, 1.807) is 29.2 Å². The monoisotopic (exact) mass is 286 g/mol. The Bertz CT molecular complexity index is 563. The summed E-state index contributed by atoms with van der Waals surface area (Å²) >= 11 is 0. The van der Waals surface area contributed by atoms with Crippen LogP contribution in [0.15, 0.2) is 24.3 Å². The Kier molecular flexibility index (Phi) is 5.35. The second-order valence-electron chi connectivity index (χ2n) is 4.81. The molecule has 1 aliphatic rings. The molecular weight excluding hydrogens is 268 g/mol. The summed E-state index contributed by atoms with van der Waals surface area (Å²) in [7, 11) is 0. The maximum absolute atomic E-state index is 11.9. The smallest absolute Gasteiger partial charge is 0.251 e. The largest absolute Gasteiger partial charge is 0.384 e. The van der Waals surface area contributed by atoms with E-state index in [0.29, 0.717) is 5.56 Å². The number of likely N-dealkylation sites (tertiary alicyclic amines) is 1. The topological polar surface area (TPSA) is 69.6 Å². The summed E-state index contributed by atoms with van der Waals surface area (Å²) in [6, 6.07) is 6.72. The van der Waals surface area contributed by atoms with Gasteiger partial charge in [-0.2, -0.15) is 0 Å². The number of hydrogen-bond donors (Lipinski definition) is 2. The zero-order valence-electron chi connectivity index (χ0n) is 11.8. The fourth-order valence-corrected chi connectivity index (χ4v) is 2.18. The van der Waals surface area contributed by atoms with Gasteiger partial charge in [0.2, 0.25) is 5.91 Å². The van der Waals surface area contributed by atoms with Crippen molar-refractivity contribution >= 4 is 11.8 Å². The molecule has 1 heterocycles. The predicted molar refractivity (Wildman–Crippen MR) is 78.6 cm³/mol. The van der Waals surface area contributed by atoms with Crippen molar-refractivity contribution < 1.29 is 14.7 Å². The molecule has 1 saturated heterocycles. The molecule has 0 atom stereocenters. The van der Waals surface area contributed by atoms with Crippen LogP contribution in [0.4, 0.5) is 0 Å². The zero-order chi connectivity index (χ0) is 15.1. The van der Waals surface area contributed by atoms with Gasteiger partial charge < -0.3 is 15.3 Å². The van der Waals surface area contributed by atoms with Crippen LogP contribution < -0.4 is 5.32 Å². The highest BCUT2D eigenvalue weighted by atomic mass is 16.2. The van der Waals surface area contributed by atoms with E-state index in [4.69, 9.17) is 5.11 Å². The highest BCUT2D eigenvalue weighted by molar-refractivity contribution is 5.96. The van der Waals surface area contributed by atoms with Crippen molar-refractivity contribution in [2.24, 2.45) is 0 Å². The Morgan fingerprint density at radius 3 is 2.48 bits per heavy atom. The van der Waals surface area contributed by atoms with E-state index in [0.717, 1.165) is 31.5 Å². The molecule has 5 heteroatoms. The quantitative estimate of drug-likeness (QED) is 0.789. The zero-order valence-corrected chi connectivity index (χ0v) is 11.8. The van der Waals surface area contributed by atoms with Crippen molar-refractivity contribution in [2.75, 3.05) is 26.2 Å². The standard InChI is InChI=1S/C16H18N2O3/c19-11-3-4-13-5-7-14(8-6-13)16(21)17-12-15(20)18-9-1-2-10-18/h5-8,19H,1-2,9-12H2,(H,17,21). The lowest BCUT2D eigenvalue weighted by molar-refractivity contribution is -0.129. The van der Waals surface area contributed by atoms with Crippen LogP contribution in [0, 0.1) is 11.8 Å². The van der Waals surface area contributed by atoms with E-state index in [1.807, 2.05) is 0 Å². The minimum Gasteiger partial charge on any atom is -0.384 e. The van der Waals surface area contributed by atoms with Crippen LogP contribution in [0.5, 0.6) is 0 Å². The number of nitrogens with one attached hydrogen (secondary N) is 1. The highest BCUT2D eigenvalue weighted by Gasteiger charge is 2.18. The van der Waals surface area contributed by atoms with E-state index >= 15 is 0 Å². The summed E-state index contributed by atoms with van der Waals surface area (Å²) in [6.45, 7) is 1.41. The molecule has 1 aromatic carbocycles. The number of carbonyl (C=O) groups is 2. The lowest BCUT2D eigenvalue weighted by Crippen LogP contribution is -2.38. The number of amides is 2. The molecule has 2 N–H and O–H groups in total. The summed E-state index contributed by atoms with van der Waals surface area (Å²) in [4.78, 5) is 25.5. The first-order chi connectivity index (χ1) is 10.2. The summed E-state index contributed by atoms with van der Waals surface area (Å²) in [5.74, 6) is 4.98. The Labute approximate surface area is 124 Å². The Morgan fingerprint density at radius 2 is 1.86 bits per heavy atom. The number of aliphatic hydroxyl groups is 1. The summed E-state index contributed by atoms with van der Waals surface area (Å²) in [6.07, 6.45) is 2.08. The van der Waals surface area contributed by atoms with Gasteiger partial charge in [0.15, 0.2) is 0 Å². The Hall–Kier alpha value is -2.32. The van der Waals surface area contributed by atoms with Crippen LogP contribution in [-0.2, 0) is 4.79 Å². The number of benzene rings is 1. The van der Waals surface area contributed by atoms with Gasteiger partial charge in [-0.15, -0.1) is 0 Å². The minimum absolute atomic E-state index is 0.0326. The molecule has 21 heavy (non-hydrogen) atoms. The number of nitrogens with zero attached hydrogens (tertiary/aromatic N) is 1. The van der Waals surface area contributed by atoms with Gasteiger partial charge in [-0.1, -0.05) is 11.8 Å². The van der Waals surface area contributed by atoms with Crippen molar-refractivity contribution in [1.82, 2.24) is 10.2 Å². The second kappa shape index (κ2) is 7.46. The third-order valence-corrected chi connectivity index (χ3v) is 3.32. The van der Waals surface area contributed by atoms with Gasteiger partial charge in [0.1, 0.15) is 6.61 Å². The number of rotatable bonds is 3. The second-order valence-corrected chi connectivity index (χ2v) is 4.81.